The normalized spacial score (nSPS) is 14.3. The molecule has 3 rings (SSSR count). The molecule has 0 unspecified atom stereocenters. The number of imidazole rings is 1. The number of fused-ring (bicyclic) bond motifs is 1. The quantitative estimate of drug-likeness (QED) is 0.767. The number of carbonyl (C=O) groups excluding carboxylic acids is 1. The molecule has 92 valence electrons. The highest BCUT2D eigenvalue weighted by molar-refractivity contribution is 5.81. The number of hydrogen-bond donors (Lipinski definition) is 0. The summed E-state index contributed by atoms with van der Waals surface area (Å²) in [5.74, 6) is 0.746. The molecule has 18 heavy (non-hydrogen) atoms. The van der Waals surface area contributed by atoms with Gasteiger partial charge in [-0.1, -0.05) is 12.1 Å². The molecular weight excluding hydrogens is 224 g/mol. The van der Waals surface area contributed by atoms with E-state index in [0.29, 0.717) is 0 Å². The van der Waals surface area contributed by atoms with E-state index in [0.717, 1.165) is 17.8 Å². The number of aryl methyl sites for hydroxylation is 2. The summed E-state index contributed by atoms with van der Waals surface area (Å²) in [4.78, 5) is 15.8. The number of hydrogen-bond acceptors (Lipinski definition) is 2. The van der Waals surface area contributed by atoms with Gasteiger partial charge in [-0.25, -0.2) is 4.98 Å². The lowest BCUT2D eigenvalue weighted by Gasteiger charge is -2.16. The van der Waals surface area contributed by atoms with Crippen molar-refractivity contribution >= 4 is 5.91 Å². The number of aromatic nitrogens is 2. The van der Waals surface area contributed by atoms with Crippen LogP contribution in [0, 0.1) is 0 Å². The minimum absolute atomic E-state index is 0.000204. The molecule has 1 aliphatic carbocycles. The van der Waals surface area contributed by atoms with Gasteiger partial charge in [-0.15, -0.1) is 0 Å². The number of rotatable bonds is 1. The molecule has 3 heteroatoms. The predicted molar refractivity (Wildman–Crippen MR) is 70.6 cm³/mol. The van der Waals surface area contributed by atoms with Crippen molar-refractivity contribution in [2.75, 3.05) is 0 Å². The highest BCUT2D eigenvalue weighted by Gasteiger charge is 2.13. The summed E-state index contributed by atoms with van der Waals surface area (Å²) in [5.41, 5.74) is 3.90. The first kappa shape index (κ1) is 11.2. The molecule has 0 fully saturated rings. The summed E-state index contributed by atoms with van der Waals surface area (Å²) in [7, 11) is 0. The zero-order chi connectivity index (χ0) is 12.5. The molecule has 0 amide bonds. The Morgan fingerprint density at radius 2 is 2.00 bits per heavy atom. The molecule has 0 saturated heterocycles. The van der Waals surface area contributed by atoms with Crippen molar-refractivity contribution in [2.24, 2.45) is 0 Å². The van der Waals surface area contributed by atoms with E-state index in [1.807, 2.05) is 0 Å². The molecular formula is C15H16N2O. The number of carbonyl (C=O) groups is 1. The Hall–Kier alpha value is -1.90. The van der Waals surface area contributed by atoms with Crippen molar-refractivity contribution < 1.29 is 4.79 Å². The molecule has 0 aliphatic heterocycles. The van der Waals surface area contributed by atoms with Crippen LogP contribution >= 0.6 is 0 Å². The Bertz CT molecular complexity index is 598. The zero-order valence-electron chi connectivity index (χ0n) is 10.5. The van der Waals surface area contributed by atoms with Gasteiger partial charge >= 0.3 is 0 Å². The number of benzene rings is 1. The van der Waals surface area contributed by atoms with Crippen LogP contribution in [0.2, 0.25) is 0 Å². The Balaban J connectivity index is 2.06. The fourth-order valence-corrected chi connectivity index (χ4v) is 2.64. The zero-order valence-corrected chi connectivity index (χ0v) is 10.5. The lowest BCUT2D eigenvalue weighted by Crippen LogP contribution is -2.07. The van der Waals surface area contributed by atoms with Gasteiger partial charge in [0, 0.05) is 24.9 Å². The first-order valence-electron chi connectivity index (χ1n) is 6.42. The molecule has 1 aromatic heterocycles. The molecule has 0 saturated carbocycles. The van der Waals surface area contributed by atoms with Crippen LogP contribution in [-0.4, -0.2) is 15.5 Å². The third kappa shape index (κ3) is 1.86. The van der Waals surface area contributed by atoms with Crippen LogP contribution in [0.3, 0.4) is 0 Å². The van der Waals surface area contributed by atoms with Crippen molar-refractivity contribution in [1.29, 1.82) is 0 Å². The molecule has 0 radical (unpaired) electrons. The van der Waals surface area contributed by atoms with Crippen molar-refractivity contribution in [3.05, 3.63) is 41.7 Å². The summed E-state index contributed by atoms with van der Waals surface area (Å²) in [6, 6.07) is 6.45. The third-order valence-electron chi connectivity index (χ3n) is 3.59. The third-order valence-corrected chi connectivity index (χ3v) is 3.59. The molecule has 0 N–H and O–H groups in total. The summed E-state index contributed by atoms with van der Waals surface area (Å²) in [5, 5.41) is 0. The van der Waals surface area contributed by atoms with E-state index >= 15 is 0 Å². The molecule has 1 aromatic carbocycles. The standard InChI is InChI=1S/C15H16N2O/c1-11(18)17-9-8-16-15(17)14-7-6-12-4-2-3-5-13(12)10-14/h6-10H,2-5H2,1H3. The Morgan fingerprint density at radius 1 is 1.22 bits per heavy atom. The van der Waals surface area contributed by atoms with E-state index in [4.69, 9.17) is 0 Å². The number of nitrogens with zero attached hydrogens (tertiary/aromatic N) is 2. The minimum atomic E-state index is 0.000204. The average Bonchev–Trinajstić information content (AvgIpc) is 2.87. The summed E-state index contributed by atoms with van der Waals surface area (Å²) >= 11 is 0. The maximum Gasteiger partial charge on any atom is 0.229 e. The summed E-state index contributed by atoms with van der Waals surface area (Å²) in [6.07, 6.45) is 8.26. The molecule has 3 nitrogen and oxygen atoms in total. The fraction of sp³-hybridized carbons (Fsp3) is 0.333. The van der Waals surface area contributed by atoms with Gasteiger partial charge in [0.25, 0.3) is 0 Å². The van der Waals surface area contributed by atoms with Gasteiger partial charge in [-0.3, -0.25) is 9.36 Å². The van der Waals surface area contributed by atoms with Gasteiger partial charge < -0.3 is 0 Å². The Morgan fingerprint density at radius 3 is 2.78 bits per heavy atom. The van der Waals surface area contributed by atoms with E-state index in [9.17, 15) is 4.79 Å². The topological polar surface area (TPSA) is 34.9 Å². The van der Waals surface area contributed by atoms with E-state index in [-0.39, 0.29) is 5.91 Å². The molecule has 1 heterocycles. The van der Waals surface area contributed by atoms with Gasteiger partial charge in [0.15, 0.2) is 0 Å². The summed E-state index contributed by atoms with van der Waals surface area (Å²) < 4.78 is 1.60. The van der Waals surface area contributed by atoms with Crippen LogP contribution in [0.15, 0.2) is 30.6 Å². The van der Waals surface area contributed by atoms with E-state index < -0.39 is 0 Å². The van der Waals surface area contributed by atoms with E-state index in [1.165, 1.54) is 30.4 Å². The van der Waals surface area contributed by atoms with Gasteiger partial charge in [-0.05, 0) is 42.9 Å². The minimum Gasteiger partial charge on any atom is -0.274 e. The van der Waals surface area contributed by atoms with E-state index in [1.54, 1.807) is 23.9 Å². The van der Waals surface area contributed by atoms with E-state index in [2.05, 4.69) is 23.2 Å². The molecule has 0 spiro atoms. The van der Waals surface area contributed by atoms with Crippen molar-refractivity contribution in [3.8, 4) is 11.4 Å². The fourth-order valence-electron chi connectivity index (χ4n) is 2.64. The smallest absolute Gasteiger partial charge is 0.229 e. The second-order valence-electron chi connectivity index (χ2n) is 4.83. The van der Waals surface area contributed by atoms with Crippen molar-refractivity contribution in [1.82, 2.24) is 9.55 Å². The second kappa shape index (κ2) is 4.41. The Labute approximate surface area is 106 Å². The predicted octanol–water partition coefficient (Wildman–Crippen LogP) is 3.09. The van der Waals surface area contributed by atoms with Crippen LogP contribution in [0.5, 0.6) is 0 Å². The molecule has 0 atom stereocenters. The van der Waals surface area contributed by atoms with Crippen LogP contribution in [0.1, 0.15) is 35.7 Å². The largest absolute Gasteiger partial charge is 0.274 e. The molecule has 2 aromatic rings. The first-order chi connectivity index (χ1) is 8.75. The van der Waals surface area contributed by atoms with Crippen molar-refractivity contribution in [2.45, 2.75) is 32.6 Å². The van der Waals surface area contributed by atoms with Crippen molar-refractivity contribution in [3.63, 3.8) is 0 Å². The van der Waals surface area contributed by atoms with Gasteiger partial charge in [0.1, 0.15) is 5.82 Å². The maximum atomic E-state index is 11.5. The lowest BCUT2D eigenvalue weighted by atomic mass is 9.90. The first-order valence-corrected chi connectivity index (χ1v) is 6.42. The Kier molecular flexibility index (Phi) is 2.74. The van der Waals surface area contributed by atoms with Gasteiger partial charge in [0.2, 0.25) is 5.91 Å². The highest BCUT2D eigenvalue weighted by atomic mass is 16.1. The molecule has 0 bridgehead atoms. The lowest BCUT2D eigenvalue weighted by molar-refractivity contribution is 0.0938. The van der Waals surface area contributed by atoms with Gasteiger partial charge in [-0.2, -0.15) is 0 Å². The average molecular weight is 240 g/mol. The molecule has 1 aliphatic rings. The van der Waals surface area contributed by atoms with Crippen LogP contribution in [0.25, 0.3) is 11.4 Å². The SMILES string of the molecule is CC(=O)n1ccnc1-c1ccc2c(c1)CCCC2. The highest BCUT2D eigenvalue weighted by Crippen LogP contribution is 2.26. The maximum absolute atomic E-state index is 11.5. The van der Waals surface area contributed by atoms with Crippen LogP contribution < -0.4 is 0 Å². The van der Waals surface area contributed by atoms with Crippen LogP contribution in [-0.2, 0) is 12.8 Å². The monoisotopic (exact) mass is 240 g/mol. The van der Waals surface area contributed by atoms with Crippen LogP contribution in [0.4, 0.5) is 0 Å². The second-order valence-corrected chi connectivity index (χ2v) is 4.83. The van der Waals surface area contributed by atoms with Gasteiger partial charge in [0.05, 0.1) is 0 Å². The summed E-state index contributed by atoms with van der Waals surface area (Å²) in [6.45, 7) is 1.56.